The van der Waals surface area contributed by atoms with Crippen molar-refractivity contribution in [3.63, 3.8) is 0 Å². The predicted molar refractivity (Wildman–Crippen MR) is 119 cm³/mol. The topological polar surface area (TPSA) is 66.5 Å². The molecule has 0 fully saturated rings. The van der Waals surface area contributed by atoms with E-state index in [9.17, 15) is 13.2 Å². The summed E-state index contributed by atoms with van der Waals surface area (Å²) in [6, 6.07) is 13.8. The fourth-order valence-corrected chi connectivity index (χ4v) is 5.04. The molecule has 3 rings (SSSR count). The summed E-state index contributed by atoms with van der Waals surface area (Å²) in [4.78, 5) is 13.2. The van der Waals surface area contributed by atoms with Gasteiger partial charge in [0.1, 0.15) is 0 Å². The normalized spacial score (nSPS) is 12.7. The van der Waals surface area contributed by atoms with Crippen molar-refractivity contribution in [1.29, 1.82) is 0 Å². The van der Waals surface area contributed by atoms with E-state index in [1.807, 2.05) is 19.9 Å². The Labute approximate surface area is 177 Å². The lowest BCUT2D eigenvalue weighted by Crippen LogP contribution is -2.31. The lowest BCUT2D eigenvalue weighted by Gasteiger charge is -2.19. The van der Waals surface area contributed by atoms with E-state index in [1.54, 1.807) is 42.5 Å². The molecular formula is C20H21BrN2O3S2. The second kappa shape index (κ2) is 8.23. The summed E-state index contributed by atoms with van der Waals surface area (Å²) in [6.07, 6.45) is 0.861. The molecule has 2 aromatic carbocycles. The minimum absolute atomic E-state index is 0.104. The van der Waals surface area contributed by atoms with E-state index in [0.717, 1.165) is 21.0 Å². The van der Waals surface area contributed by atoms with Crippen LogP contribution in [0, 0.1) is 0 Å². The number of halogens is 1. The van der Waals surface area contributed by atoms with Gasteiger partial charge in [-0.1, -0.05) is 22.9 Å². The van der Waals surface area contributed by atoms with Gasteiger partial charge in [-0.2, -0.15) is 0 Å². The molecule has 28 heavy (non-hydrogen) atoms. The Bertz CT molecular complexity index is 1110. The van der Waals surface area contributed by atoms with E-state index >= 15 is 0 Å². The molecule has 1 atom stereocenters. The van der Waals surface area contributed by atoms with Crippen LogP contribution in [-0.2, 0) is 10.0 Å². The number of hydrogen-bond acceptors (Lipinski definition) is 4. The van der Waals surface area contributed by atoms with Crippen LogP contribution >= 0.6 is 27.3 Å². The summed E-state index contributed by atoms with van der Waals surface area (Å²) in [7, 11) is -2.14. The number of anilines is 1. The number of hydrogen-bond donors (Lipinski definition) is 1. The average molecular weight is 481 g/mol. The molecule has 0 spiro atoms. The first-order valence-electron chi connectivity index (χ1n) is 8.81. The minimum Gasteiger partial charge on any atom is -0.349 e. The number of sulfonamides is 1. The number of amides is 1. The Balaban J connectivity index is 1.91. The summed E-state index contributed by atoms with van der Waals surface area (Å²) in [5.41, 5.74) is 0.544. The summed E-state index contributed by atoms with van der Waals surface area (Å²) in [5.74, 6) is -0.104. The number of carbonyl (C=O) groups is 1. The number of benzene rings is 2. The van der Waals surface area contributed by atoms with E-state index in [2.05, 4.69) is 21.2 Å². The Morgan fingerprint density at radius 1 is 1.18 bits per heavy atom. The highest BCUT2D eigenvalue weighted by Crippen LogP contribution is 2.31. The lowest BCUT2D eigenvalue weighted by molar-refractivity contribution is 0.0943. The first-order chi connectivity index (χ1) is 13.2. The van der Waals surface area contributed by atoms with E-state index in [0.29, 0.717) is 10.6 Å². The number of nitrogens with one attached hydrogen (secondary N) is 1. The number of fused-ring (bicyclic) bond motifs is 1. The molecule has 5 nitrogen and oxygen atoms in total. The van der Waals surface area contributed by atoms with Crippen molar-refractivity contribution in [2.45, 2.75) is 31.2 Å². The molecule has 0 saturated carbocycles. The maximum absolute atomic E-state index is 12.9. The van der Waals surface area contributed by atoms with Gasteiger partial charge in [0, 0.05) is 22.3 Å². The van der Waals surface area contributed by atoms with Gasteiger partial charge in [-0.05, 0) is 67.3 Å². The zero-order valence-corrected chi connectivity index (χ0v) is 19.0. The maximum atomic E-state index is 12.9. The first-order valence-corrected chi connectivity index (χ1v) is 11.9. The third-order valence-electron chi connectivity index (χ3n) is 4.55. The SMILES string of the molecule is CC[C@H](C)NC(=O)c1cc2cc(N(C)S(=O)(=O)c3ccc(Br)cc3)ccc2s1. The molecular weight excluding hydrogens is 460 g/mol. The Morgan fingerprint density at radius 3 is 2.50 bits per heavy atom. The number of carbonyl (C=O) groups excluding carboxylic acids is 1. The van der Waals surface area contributed by atoms with Crippen LogP contribution in [0.25, 0.3) is 10.1 Å². The van der Waals surface area contributed by atoms with Crippen molar-refractivity contribution in [3.05, 3.63) is 57.9 Å². The second-order valence-corrected chi connectivity index (χ2v) is 10.5. The van der Waals surface area contributed by atoms with Gasteiger partial charge < -0.3 is 5.32 Å². The molecule has 0 aliphatic carbocycles. The van der Waals surface area contributed by atoms with Gasteiger partial charge in [0.15, 0.2) is 0 Å². The summed E-state index contributed by atoms with van der Waals surface area (Å²) >= 11 is 4.71. The zero-order valence-electron chi connectivity index (χ0n) is 15.8. The number of nitrogens with zero attached hydrogens (tertiary/aromatic N) is 1. The molecule has 1 heterocycles. The molecule has 0 saturated heterocycles. The van der Waals surface area contributed by atoms with Crippen molar-refractivity contribution < 1.29 is 13.2 Å². The molecule has 1 aromatic heterocycles. The summed E-state index contributed by atoms with van der Waals surface area (Å²) in [5, 5.41) is 3.80. The molecule has 0 bridgehead atoms. The van der Waals surface area contributed by atoms with Gasteiger partial charge in [-0.15, -0.1) is 11.3 Å². The molecule has 1 N–H and O–H groups in total. The van der Waals surface area contributed by atoms with Crippen LogP contribution in [0.4, 0.5) is 5.69 Å². The smallest absolute Gasteiger partial charge is 0.264 e. The van der Waals surface area contributed by atoms with Gasteiger partial charge in [-0.25, -0.2) is 8.42 Å². The molecule has 0 aliphatic heterocycles. The van der Waals surface area contributed by atoms with Crippen LogP contribution in [0.15, 0.2) is 57.9 Å². The second-order valence-electron chi connectivity index (χ2n) is 6.54. The van der Waals surface area contributed by atoms with Crippen molar-refractivity contribution >= 4 is 59.0 Å². The third kappa shape index (κ3) is 4.24. The largest absolute Gasteiger partial charge is 0.349 e. The van der Waals surface area contributed by atoms with Crippen molar-refractivity contribution in [2.24, 2.45) is 0 Å². The zero-order chi connectivity index (χ0) is 20.5. The quantitative estimate of drug-likeness (QED) is 0.538. The Morgan fingerprint density at radius 2 is 1.86 bits per heavy atom. The molecule has 8 heteroatoms. The third-order valence-corrected chi connectivity index (χ3v) is 7.99. The van der Waals surface area contributed by atoms with Gasteiger partial charge in [0.25, 0.3) is 15.9 Å². The maximum Gasteiger partial charge on any atom is 0.264 e. The highest BCUT2D eigenvalue weighted by molar-refractivity contribution is 9.10. The van der Waals surface area contributed by atoms with E-state index in [-0.39, 0.29) is 16.8 Å². The van der Waals surface area contributed by atoms with Gasteiger partial charge in [0.05, 0.1) is 15.5 Å². The molecule has 0 unspecified atom stereocenters. The highest BCUT2D eigenvalue weighted by Gasteiger charge is 2.22. The first kappa shape index (κ1) is 20.8. The van der Waals surface area contributed by atoms with Gasteiger partial charge in [-0.3, -0.25) is 9.10 Å². The van der Waals surface area contributed by atoms with Gasteiger partial charge >= 0.3 is 0 Å². The predicted octanol–water partition coefficient (Wildman–Crippen LogP) is 5.02. The van der Waals surface area contributed by atoms with Crippen molar-refractivity contribution in [2.75, 3.05) is 11.4 Å². The average Bonchev–Trinajstić information content (AvgIpc) is 3.11. The standard InChI is InChI=1S/C20H21BrN2O3S2/c1-4-13(2)22-20(24)19-12-14-11-16(7-10-18(14)27-19)23(3)28(25,26)17-8-5-15(21)6-9-17/h5-13H,4H2,1-3H3,(H,22,24)/t13-/m0/s1. The molecule has 0 radical (unpaired) electrons. The van der Waals surface area contributed by atoms with Crippen LogP contribution in [0.2, 0.25) is 0 Å². The number of thiophene rings is 1. The fourth-order valence-electron chi connectivity index (χ4n) is 2.64. The summed E-state index contributed by atoms with van der Waals surface area (Å²) in [6.45, 7) is 3.98. The highest BCUT2D eigenvalue weighted by atomic mass is 79.9. The van der Waals surface area contributed by atoms with E-state index < -0.39 is 10.0 Å². The molecule has 3 aromatic rings. The van der Waals surface area contributed by atoms with Crippen LogP contribution in [0.5, 0.6) is 0 Å². The summed E-state index contributed by atoms with van der Waals surface area (Å²) < 4.78 is 28.8. The molecule has 0 aliphatic rings. The Hall–Kier alpha value is -1.90. The van der Waals surface area contributed by atoms with Crippen LogP contribution < -0.4 is 9.62 Å². The van der Waals surface area contributed by atoms with Crippen LogP contribution in [0.3, 0.4) is 0 Å². The lowest BCUT2D eigenvalue weighted by atomic mass is 10.2. The molecule has 1 amide bonds. The van der Waals surface area contributed by atoms with Crippen LogP contribution in [0.1, 0.15) is 29.9 Å². The minimum atomic E-state index is -3.67. The van der Waals surface area contributed by atoms with Crippen molar-refractivity contribution in [1.82, 2.24) is 5.32 Å². The molecule has 148 valence electrons. The van der Waals surface area contributed by atoms with E-state index in [1.165, 1.54) is 22.7 Å². The van der Waals surface area contributed by atoms with Crippen molar-refractivity contribution in [3.8, 4) is 0 Å². The van der Waals surface area contributed by atoms with Gasteiger partial charge in [0.2, 0.25) is 0 Å². The number of rotatable bonds is 6. The van der Waals surface area contributed by atoms with Crippen LogP contribution in [-0.4, -0.2) is 27.4 Å². The Kier molecular flexibility index (Phi) is 6.12. The monoisotopic (exact) mass is 480 g/mol. The fraction of sp³-hybridized carbons (Fsp3) is 0.250. The van der Waals surface area contributed by atoms with E-state index in [4.69, 9.17) is 0 Å².